The Morgan fingerprint density at radius 1 is 0.868 bits per heavy atom. The maximum atomic E-state index is 13.3. The molecule has 38 heavy (non-hydrogen) atoms. The number of carboxylic acid groups (broad SMARTS) is 1. The van der Waals surface area contributed by atoms with Crippen LogP contribution < -0.4 is 27.4 Å². The first-order chi connectivity index (χ1) is 18.0. The van der Waals surface area contributed by atoms with E-state index < -0.39 is 53.8 Å². The van der Waals surface area contributed by atoms with Gasteiger partial charge < -0.3 is 42.5 Å². The molecule has 0 aliphatic carbocycles. The van der Waals surface area contributed by atoms with Gasteiger partial charge in [-0.1, -0.05) is 13.8 Å². The van der Waals surface area contributed by atoms with Crippen LogP contribution in [0.5, 0.6) is 0 Å². The fourth-order valence-electron chi connectivity index (χ4n) is 3.62. The fraction of sp³-hybridized carbons (Fsp3) is 0.522. The summed E-state index contributed by atoms with van der Waals surface area (Å²) in [6, 6.07) is -4.67. The molecule has 2 heterocycles. The first kappa shape index (κ1) is 30.0. The summed E-state index contributed by atoms with van der Waals surface area (Å²) in [7, 11) is 0. The Hall–Kier alpha value is -4.27. The molecule has 0 saturated carbocycles. The van der Waals surface area contributed by atoms with Gasteiger partial charge in [0.25, 0.3) is 0 Å². The van der Waals surface area contributed by atoms with Crippen molar-refractivity contribution in [1.29, 1.82) is 0 Å². The predicted octanol–water partition coefficient (Wildman–Crippen LogP) is -1.90. The van der Waals surface area contributed by atoms with Gasteiger partial charge in [0.05, 0.1) is 18.7 Å². The van der Waals surface area contributed by atoms with Gasteiger partial charge in [-0.25, -0.2) is 14.8 Å². The van der Waals surface area contributed by atoms with Gasteiger partial charge in [0.15, 0.2) is 0 Å². The van der Waals surface area contributed by atoms with Crippen molar-refractivity contribution < 1.29 is 29.1 Å². The number of imidazole rings is 2. The number of nitrogens with zero attached hydrogens (tertiary/aromatic N) is 2. The summed E-state index contributed by atoms with van der Waals surface area (Å²) in [5, 5.41) is 17.0. The highest BCUT2D eigenvalue weighted by Gasteiger charge is 2.31. The van der Waals surface area contributed by atoms with Crippen LogP contribution in [0.1, 0.15) is 44.5 Å². The van der Waals surface area contributed by atoms with Gasteiger partial charge in [0.1, 0.15) is 18.1 Å². The Morgan fingerprint density at radius 2 is 1.39 bits per heavy atom. The molecule has 4 amide bonds. The first-order valence-electron chi connectivity index (χ1n) is 12.1. The summed E-state index contributed by atoms with van der Waals surface area (Å²) in [4.78, 5) is 75.5. The predicted molar refractivity (Wildman–Crippen MR) is 134 cm³/mol. The van der Waals surface area contributed by atoms with Crippen molar-refractivity contribution in [2.75, 3.05) is 0 Å². The number of hydrogen-bond acceptors (Lipinski definition) is 8. The Kier molecular flexibility index (Phi) is 11.4. The molecular formula is C23H35N9O6. The van der Waals surface area contributed by atoms with Gasteiger partial charge in [0, 0.05) is 43.0 Å². The molecule has 0 aromatic carbocycles. The SMILES string of the molecule is CC(C)CC(NC(=O)C(CCC(N)=O)NC(=O)C(Cc1cnc[nH]1)NC(=O)C(N)Cc1cnc[nH]1)C(=O)O. The first-order valence-corrected chi connectivity index (χ1v) is 12.1. The number of rotatable bonds is 16. The molecule has 0 aliphatic rings. The number of hydrogen-bond donors (Lipinski definition) is 8. The molecule has 0 aliphatic heterocycles. The number of nitrogens with two attached hydrogens (primary N) is 2. The molecule has 2 aromatic heterocycles. The number of aromatic nitrogens is 4. The van der Waals surface area contributed by atoms with Crippen LogP contribution in [0.2, 0.25) is 0 Å². The zero-order chi connectivity index (χ0) is 28.2. The van der Waals surface area contributed by atoms with Gasteiger partial charge in [0.2, 0.25) is 23.6 Å². The zero-order valence-electron chi connectivity index (χ0n) is 21.3. The van der Waals surface area contributed by atoms with E-state index in [2.05, 4.69) is 35.9 Å². The smallest absolute Gasteiger partial charge is 0.326 e. The average molecular weight is 534 g/mol. The number of carbonyl (C=O) groups excluding carboxylic acids is 4. The summed E-state index contributed by atoms with van der Waals surface area (Å²) in [5.74, 6) is -4.14. The quantitative estimate of drug-likeness (QED) is 0.120. The molecule has 0 fully saturated rings. The fourth-order valence-corrected chi connectivity index (χ4v) is 3.62. The topological polar surface area (TPSA) is 251 Å². The minimum absolute atomic E-state index is 0.0103. The molecule has 0 spiro atoms. The van der Waals surface area contributed by atoms with Gasteiger partial charge in [-0.15, -0.1) is 0 Å². The summed E-state index contributed by atoms with van der Waals surface area (Å²) in [5.41, 5.74) is 12.4. The molecule has 4 atom stereocenters. The van der Waals surface area contributed by atoms with Crippen molar-refractivity contribution in [2.45, 2.75) is 70.1 Å². The Balaban J connectivity index is 2.18. The van der Waals surface area contributed by atoms with E-state index >= 15 is 0 Å². The maximum Gasteiger partial charge on any atom is 0.326 e. The molecular weight excluding hydrogens is 498 g/mol. The van der Waals surface area contributed by atoms with Gasteiger partial charge in [-0.3, -0.25) is 19.2 Å². The highest BCUT2D eigenvalue weighted by atomic mass is 16.4. The zero-order valence-corrected chi connectivity index (χ0v) is 21.3. The van der Waals surface area contributed by atoms with Crippen molar-refractivity contribution in [3.63, 3.8) is 0 Å². The third-order valence-corrected chi connectivity index (χ3v) is 5.58. The molecule has 2 aromatic rings. The molecule has 2 rings (SSSR count). The van der Waals surface area contributed by atoms with Crippen LogP contribution in [-0.2, 0) is 36.8 Å². The minimum atomic E-state index is -1.29. The minimum Gasteiger partial charge on any atom is -0.480 e. The molecule has 15 nitrogen and oxygen atoms in total. The number of aromatic amines is 2. The highest BCUT2D eigenvalue weighted by molar-refractivity contribution is 5.94. The van der Waals surface area contributed by atoms with E-state index in [1.807, 2.05) is 0 Å². The van der Waals surface area contributed by atoms with Crippen molar-refractivity contribution >= 4 is 29.6 Å². The van der Waals surface area contributed by atoms with Crippen LogP contribution in [0.3, 0.4) is 0 Å². The normalized spacial score (nSPS) is 14.2. The summed E-state index contributed by atoms with van der Waals surface area (Å²) in [6.07, 6.45) is 5.71. The van der Waals surface area contributed by atoms with E-state index in [0.29, 0.717) is 11.4 Å². The second-order valence-electron chi connectivity index (χ2n) is 9.32. The molecule has 10 N–H and O–H groups in total. The molecule has 0 bridgehead atoms. The Morgan fingerprint density at radius 3 is 1.89 bits per heavy atom. The van der Waals surface area contributed by atoms with Gasteiger partial charge in [-0.2, -0.15) is 0 Å². The monoisotopic (exact) mass is 533 g/mol. The second-order valence-corrected chi connectivity index (χ2v) is 9.32. The van der Waals surface area contributed by atoms with E-state index in [9.17, 15) is 29.1 Å². The van der Waals surface area contributed by atoms with Crippen LogP contribution in [0.15, 0.2) is 25.0 Å². The van der Waals surface area contributed by atoms with E-state index in [0.717, 1.165) is 0 Å². The van der Waals surface area contributed by atoms with Crippen molar-refractivity contribution in [2.24, 2.45) is 17.4 Å². The molecule has 15 heteroatoms. The van der Waals surface area contributed by atoms with Crippen molar-refractivity contribution in [3.05, 3.63) is 36.4 Å². The molecule has 4 unspecified atom stereocenters. The third-order valence-electron chi connectivity index (χ3n) is 5.58. The lowest BCUT2D eigenvalue weighted by Crippen LogP contribution is -2.58. The van der Waals surface area contributed by atoms with Crippen molar-refractivity contribution in [3.8, 4) is 0 Å². The number of carboxylic acids is 1. The Labute approximate surface area is 218 Å². The van der Waals surface area contributed by atoms with E-state index in [1.54, 1.807) is 13.8 Å². The van der Waals surface area contributed by atoms with Gasteiger partial charge >= 0.3 is 5.97 Å². The summed E-state index contributed by atoms with van der Waals surface area (Å²) < 4.78 is 0. The second kappa shape index (κ2) is 14.5. The van der Waals surface area contributed by atoms with E-state index in [4.69, 9.17) is 11.5 Å². The number of nitrogens with one attached hydrogen (secondary N) is 5. The van der Waals surface area contributed by atoms with Crippen LogP contribution in [0.25, 0.3) is 0 Å². The van der Waals surface area contributed by atoms with Gasteiger partial charge in [-0.05, 0) is 18.8 Å². The van der Waals surface area contributed by atoms with E-state index in [-0.39, 0.29) is 38.0 Å². The van der Waals surface area contributed by atoms with E-state index in [1.165, 1.54) is 25.0 Å². The number of amides is 4. The lowest BCUT2D eigenvalue weighted by molar-refractivity contribution is -0.143. The van der Waals surface area contributed by atoms with Crippen LogP contribution in [-0.4, -0.2) is 78.8 Å². The largest absolute Gasteiger partial charge is 0.480 e. The van der Waals surface area contributed by atoms with Crippen LogP contribution in [0, 0.1) is 5.92 Å². The third kappa shape index (κ3) is 10.0. The number of H-pyrrole nitrogens is 2. The summed E-state index contributed by atoms with van der Waals surface area (Å²) >= 11 is 0. The van der Waals surface area contributed by atoms with Crippen LogP contribution in [0.4, 0.5) is 0 Å². The molecule has 0 radical (unpaired) electrons. The Bertz CT molecular complexity index is 1070. The number of primary amides is 1. The standard InChI is InChI=1S/C23H35N9O6/c1-12(2)5-18(23(37)38)32-21(35)16(3-4-19(25)33)30-22(36)17(7-14-9-27-11-29-14)31-20(34)15(24)6-13-8-26-10-28-13/h8-12,15-18H,3-7,24H2,1-2H3,(H2,25,33)(H,26,28)(H,27,29)(H,30,36)(H,31,34)(H,32,35)(H,37,38). The lowest BCUT2D eigenvalue weighted by atomic mass is 10.0. The number of carbonyl (C=O) groups is 5. The molecule has 208 valence electrons. The highest BCUT2D eigenvalue weighted by Crippen LogP contribution is 2.08. The maximum absolute atomic E-state index is 13.3. The van der Waals surface area contributed by atoms with Crippen molar-refractivity contribution in [1.82, 2.24) is 35.9 Å². The number of aliphatic carboxylic acids is 1. The van der Waals surface area contributed by atoms with Crippen LogP contribution >= 0.6 is 0 Å². The molecule has 0 saturated heterocycles. The average Bonchev–Trinajstić information content (AvgIpc) is 3.54. The summed E-state index contributed by atoms with van der Waals surface area (Å²) in [6.45, 7) is 3.60. The lowest BCUT2D eigenvalue weighted by Gasteiger charge is -2.25.